The van der Waals surface area contributed by atoms with Gasteiger partial charge in [-0.3, -0.25) is 0 Å². The van der Waals surface area contributed by atoms with Crippen LogP contribution in [-0.2, 0) is 4.79 Å². The van der Waals surface area contributed by atoms with E-state index in [1.54, 1.807) is 19.2 Å². The van der Waals surface area contributed by atoms with Crippen molar-refractivity contribution in [1.82, 2.24) is 4.90 Å². The van der Waals surface area contributed by atoms with Gasteiger partial charge in [0, 0.05) is 0 Å². The van der Waals surface area contributed by atoms with Gasteiger partial charge in [0.1, 0.15) is 11.8 Å². The first-order chi connectivity index (χ1) is 7.20. The van der Waals surface area contributed by atoms with E-state index < -0.39 is 0 Å². The number of carbonyl (C=O) groups excluding carboxylic acids is 2. The molecule has 15 heavy (non-hydrogen) atoms. The molecular formula is C10H12N3O2+. The fourth-order valence-electron chi connectivity index (χ4n) is 1.74. The molecule has 0 aliphatic carbocycles. The Kier molecular flexibility index (Phi) is 2.22. The van der Waals surface area contributed by atoms with Crippen LogP contribution >= 0.6 is 0 Å². The van der Waals surface area contributed by atoms with Gasteiger partial charge in [0.05, 0.1) is 13.1 Å². The van der Waals surface area contributed by atoms with Crippen LogP contribution in [0.4, 0.5) is 4.79 Å². The van der Waals surface area contributed by atoms with Crippen molar-refractivity contribution in [2.24, 2.45) is 4.99 Å². The van der Waals surface area contributed by atoms with Gasteiger partial charge in [-0.2, -0.15) is 9.48 Å². The van der Waals surface area contributed by atoms with Crippen LogP contribution < -0.4 is 0 Å². The van der Waals surface area contributed by atoms with Crippen molar-refractivity contribution in [2.45, 2.75) is 13.8 Å². The van der Waals surface area contributed by atoms with Crippen LogP contribution in [0.2, 0.25) is 0 Å². The van der Waals surface area contributed by atoms with E-state index in [-0.39, 0.29) is 11.9 Å². The molecule has 0 atom stereocenters. The lowest BCUT2D eigenvalue weighted by Crippen LogP contribution is -2.50. The Labute approximate surface area is 87.4 Å². The molecule has 5 heteroatoms. The number of rotatable bonds is 2. The van der Waals surface area contributed by atoms with Gasteiger partial charge in [-0.05, 0) is 19.9 Å². The summed E-state index contributed by atoms with van der Waals surface area (Å²) < 4.78 is 1.51. The second-order valence-electron chi connectivity index (χ2n) is 3.26. The monoisotopic (exact) mass is 206 g/mol. The van der Waals surface area contributed by atoms with Crippen LogP contribution in [-0.4, -0.2) is 46.6 Å². The second-order valence-corrected chi connectivity index (χ2v) is 3.26. The number of allylic oxidation sites excluding steroid dienone is 1. The standard InChI is InChI=1S/C10H12N3O2/c1-3-12-8-7(5-6-11-8)9(14)13(4-2)10(12)15/h5-6H,3-4H2,1-2H3/q+1. The zero-order chi connectivity index (χ0) is 11.0. The highest BCUT2D eigenvalue weighted by Crippen LogP contribution is 2.16. The fraction of sp³-hybridized carbons (Fsp3) is 0.400. The molecule has 0 bridgehead atoms. The molecule has 3 amide bonds. The van der Waals surface area contributed by atoms with Crippen molar-refractivity contribution in [3.05, 3.63) is 11.6 Å². The second kappa shape index (κ2) is 3.42. The number of aliphatic imine (C=N–C) groups is 1. The summed E-state index contributed by atoms with van der Waals surface area (Å²) in [6.07, 6.45) is 3.20. The van der Waals surface area contributed by atoms with Crippen LogP contribution in [0.25, 0.3) is 0 Å². The van der Waals surface area contributed by atoms with E-state index in [4.69, 9.17) is 0 Å². The van der Waals surface area contributed by atoms with Gasteiger partial charge in [-0.25, -0.2) is 9.59 Å². The topological polar surface area (TPSA) is 52.8 Å². The van der Waals surface area contributed by atoms with E-state index in [1.165, 1.54) is 9.48 Å². The Morgan fingerprint density at radius 2 is 2.13 bits per heavy atom. The first-order valence-electron chi connectivity index (χ1n) is 4.95. The molecular weight excluding hydrogens is 194 g/mol. The summed E-state index contributed by atoms with van der Waals surface area (Å²) in [5.74, 6) is 0.233. The number of likely N-dealkylation sites (N-methyl/N-ethyl adjacent to an activating group) is 1. The number of nitrogens with zero attached hydrogens (tertiary/aromatic N) is 3. The Morgan fingerprint density at radius 3 is 2.73 bits per heavy atom. The highest BCUT2D eigenvalue weighted by molar-refractivity contribution is 6.30. The highest BCUT2D eigenvalue weighted by Gasteiger charge is 2.42. The summed E-state index contributed by atoms with van der Waals surface area (Å²) in [5, 5.41) is 0. The number of hydrogen-bond donors (Lipinski definition) is 0. The lowest BCUT2D eigenvalue weighted by molar-refractivity contribution is -0.433. The Hall–Kier alpha value is -1.78. The van der Waals surface area contributed by atoms with Crippen LogP contribution in [0, 0.1) is 0 Å². The normalized spacial score (nSPS) is 19.9. The Balaban J connectivity index is 2.56. The van der Waals surface area contributed by atoms with Crippen molar-refractivity contribution in [3.63, 3.8) is 0 Å². The number of imide groups is 1. The van der Waals surface area contributed by atoms with E-state index in [1.807, 2.05) is 6.92 Å². The van der Waals surface area contributed by atoms with E-state index in [2.05, 4.69) is 4.99 Å². The number of hydrogen-bond acceptors (Lipinski definition) is 3. The molecule has 0 radical (unpaired) electrons. The van der Waals surface area contributed by atoms with Gasteiger partial charge in [0.2, 0.25) is 0 Å². The number of urea groups is 1. The predicted molar refractivity (Wildman–Crippen MR) is 55.2 cm³/mol. The maximum absolute atomic E-state index is 11.8. The van der Waals surface area contributed by atoms with Crippen LogP contribution in [0.5, 0.6) is 0 Å². The third-order valence-corrected chi connectivity index (χ3v) is 2.50. The summed E-state index contributed by atoms with van der Waals surface area (Å²) in [6.45, 7) is 4.55. The number of amidine groups is 1. The molecule has 0 N–H and O–H groups in total. The summed E-state index contributed by atoms with van der Waals surface area (Å²) in [6, 6.07) is -0.281. The molecule has 78 valence electrons. The molecule has 0 saturated carbocycles. The fourth-order valence-corrected chi connectivity index (χ4v) is 1.74. The molecule has 0 aromatic rings. The van der Waals surface area contributed by atoms with Crippen LogP contribution in [0.3, 0.4) is 0 Å². The average Bonchev–Trinajstić information content (AvgIpc) is 2.68. The van der Waals surface area contributed by atoms with Gasteiger partial charge in [0.25, 0.3) is 5.84 Å². The number of carbonyl (C=O) groups is 2. The first-order valence-corrected chi connectivity index (χ1v) is 4.95. The van der Waals surface area contributed by atoms with E-state index >= 15 is 0 Å². The van der Waals surface area contributed by atoms with E-state index in [0.29, 0.717) is 24.5 Å². The smallest absolute Gasteiger partial charge is 0.250 e. The van der Waals surface area contributed by atoms with Gasteiger partial charge >= 0.3 is 11.9 Å². The SMILES string of the molecule is CCN1C(=O)C2=CC=NC2=[N+](CC)C1=O. The minimum atomic E-state index is -0.281. The summed E-state index contributed by atoms with van der Waals surface area (Å²) in [4.78, 5) is 28.9. The molecule has 2 rings (SSSR count). The molecule has 0 unspecified atom stereocenters. The molecule has 2 aliphatic heterocycles. The number of amides is 3. The van der Waals surface area contributed by atoms with E-state index in [0.717, 1.165) is 0 Å². The molecule has 0 aromatic carbocycles. The summed E-state index contributed by atoms with van der Waals surface area (Å²) in [5.41, 5.74) is 0.512. The zero-order valence-electron chi connectivity index (χ0n) is 8.73. The molecule has 2 heterocycles. The first kappa shape index (κ1) is 9.76. The van der Waals surface area contributed by atoms with Crippen molar-refractivity contribution in [3.8, 4) is 0 Å². The minimum Gasteiger partial charge on any atom is -0.250 e. The van der Waals surface area contributed by atoms with Crippen molar-refractivity contribution in [1.29, 1.82) is 0 Å². The predicted octanol–water partition coefficient (Wildman–Crippen LogP) is 0.410. The van der Waals surface area contributed by atoms with Crippen LogP contribution in [0.15, 0.2) is 16.6 Å². The van der Waals surface area contributed by atoms with Gasteiger partial charge in [0.15, 0.2) is 0 Å². The third kappa shape index (κ3) is 1.23. The molecule has 2 aliphatic rings. The highest BCUT2D eigenvalue weighted by atomic mass is 16.2. The Morgan fingerprint density at radius 1 is 1.40 bits per heavy atom. The number of fused-ring (bicyclic) bond motifs is 1. The quantitative estimate of drug-likeness (QED) is 0.614. The molecule has 0 aromatic heterocycles. The zero-order valence-corrected chi connectivity index (χ0v) is 8.73. The maximum Gasteiger partial charge on any atom is 0.446 e. The average molecular weight is 206 g/mol. The van der Waals surface area contributed by atoms with Gasteiger partial charge in [-0.15, -0.1) is 4.99 Å². The third-order valence-electron chi connectivity index (χ3n) is 2.50. The maximum atomic E-state index is 11.8. The molecule has 0 spiro atoms. The largest absolute Gasteiger partial charge is 0.446 e. The summed E-state index contributed by atoms with van der Waals surface area (Å²) in [7, 11) is 0. The summed E-state index contributed by atoms with van der Waals surface area (Å²) >= 11 is 0. The lowest BCUT2D eigenvalue weighted by atomic mass is 10.2. The molecule has 5 nitrogen and oxygen atoms in total. The van der Waals surface area contributed by atoms with E-state index in [9.17, 15) is 9.59 Å². The van der Waals surface area contributed by atoms with Crippen LogP contribution in [0.1, 0.15) is 13.8 Å². The Bertz CT molecular complexity index is 432. The van der Waals surface area contributed by atoms with Gasteiger partial charge in [-0.1, -0.05) is 0 Å². The lowest BCUT2D eigenvalue weighted by Gasteiger charge is -2.20. The molecule has 0 fully saturated rings. The van der Waals surface area contributed by atoms with Crippen molar-refractivity contribution < 1.29 is 14.2 Å². The minimum absolute atomic E-state index is 0.250. The molecule has 0 saturated heterocycles. The van der Waals surface area contributed by atoms with Gasteiger partial charge < -0.3 is 0 Å². The van der Waals surface area contributed by atoms with Crippen molar-refractivity contribution >= 4 is 24.0 Å². The van der Waals surface area contributed by atoms with Crippen molar-refractivity contribution in [2.75, 3.05) is 13.1 Å².